The van der Waals surface area contributed by atoms with Crippen LogP contribution in [0.2, 0.25) is 0 Å². The van der Waals surface area contributed by atoms with Crippen molar-refractivity contribution in [2.24, 2.45) is 5.73 Å². The summed E-state index contributed by atoms with van der Waals surface area (Å²) in [5, 5.41) is 10.8. The molecule has 4 heteroatoms. The Morgan fingerprint density at radius 2 is 2.06 bits per heavy atom. The van der Waals surface area contributed by atoms with Crippen LogP contribution < -0.4 is 5.73 Å². The number of hydrogen-bond acceptors (Lipinski definition) is 3. The second-order valence-electron chi connectivity index (χ2n) is 4.96. The molecule has 2 rings (SSSR count). The Morgan fingerprint density at radius 3 is 2.59 bits per heavy atom. The van der Waals surface area contributed by atoms with Crippen LogP contribution in [0.4, 0.5) is 5.69 Å². The molecule has 17 heavy (non-hydrogen) atoms. The zero-order valence-electron chi connectivity index (χ0n) is 10.1. The number of benzene rings is 1. The zero-order valence-corrected chi connectivity index (χ0v) is 10.1. The Labute approximate surface area is 101 Å². The van der Waals surface area contributed by atoms with Crippen LogP contribution in [0.5, 0.6) is 0 Å². The lowest BCUT2D eigenvalue weighted by molar-refractivity contribution is -0.385. The van der Waals surface area contributed by atoms with Gasteiger partial charge in [0.1, 0.15) is 0 Å². The highest BCUT2D eigenvalue weighted by Gasteiger charge is 2.39. The summed E-state index contributed by atoms with van der Waals surface area (Å²) in [5.41, 5.74) is 7.25. The first-order valence-electron chi connectivity index (χ1n) is 6.07. The van der Waals surface area contributed by atoms with E-state index in [-0.39, 0.29) is 22.1 Å². The van der Waals surface area contributed by atoms with Gasteiger partial charge < -0.3 is 5.73 Å². The Bertz CT molecular complexity index is 423. The zero-order chi connectivity index (χ0) is 12.5. The summed E-state index contributed by atoms with van der Waals surface area (Å²) >= 11 is 0. The highest BCUT2D eigenvalue weighted by molar-refractivity contribution is 5.39. The van der Waals surface area contributed by atoms with E-state index in [9.17, 15) is 10.1 Å². The normalized spacial score (nSPS) is 20.1. The van der Waals surface area contributed by atoms with Gasteiger partial charge in [-0.05, 0) is 25.3 Å². The monoisotopic (exact) mass is 234 g/mol. The van der Waals surface area contributed by atoms with Crippen LogP contribution in [-0.2, 0) is 5.41 Å². The second kappa shape index (κ2) is 4.45. The Morgan fingerprint density at radius 1 is 1.41 bits per heavy atom. The van der Waals surface area contributed by atoms with Crippen molar-refractivity contribution in [3.8, 4) is 0 Å². The lowest BCUT2D eigenvalue weighted by atomic mass is 9.73. The van der Waals surface area contributed by atoms with Crippen molar-refractivity contribution < 1.29 is 4.92 Å². The van der Waals surface area contributed by atoms with Gasteiger partial charge >= 0.3 is 0 Å². The van der Waals surface area contributed by atoms with Gasteiger partial charge in [0.15, 0.2) is 0 Å². The third-order valence-corrected chi connectivity index (χ3v) is 4.00. The third-order valence-electron chi connectivity index (χ3n) is 4.00. The van der Waals surface area contributed by atoms with Crippen LogP contribution in [0.3, 0.4) is 0 Å². The minimum absolute atomic E-state index is 0.0343. The highest BCUT2D eigenvalue weighted by atomic mass is 16.6. The molecular weight excluding hydrogens is 216 g/mol. The van der Waals surface area contributed by atoms with Gasteiger partial charge in [-0.3, -0.25) is 10.1 Å². The van der Waals surface area contributed by atoms with Gasteiger partial charge in [0.05, 0.1) is 4.92 Å². The molecule has 92 valence electrons. The highest BCUT2D eigenvalue weighted by Crippen LogP contribution is 2.43. The molecule has 1 aliphatic rings. The molecule has 2 N–H and O–H groups in total. The molecule has 1 fully saturated rings. The minimum Gasteiger partial charge on any atom is -0.327 e. The summed E-state index contributed by atoms with van der Waals surface area (Å²) in [4.78, 5) is 10.5. The Kier molecular flexibility index (Phi) is 3.15. The van der Waals surface area contributed by atoms with Gasteiger partial charge in [-0.1, -0.05) is 25.0 Å². The first-order valence-corrected chi connectivity index (χ1v) is 6.07. The summed E-state index contributed by atoms with van der Waals surface area (Å²) in [7, 11) is 0. The van der Waals surface area contributed by atoms with E-state index < -0.39 is 0 Å². The fraction of sp³-hybridized carbons (Fsp3) is 0.538. The van der Waals surface area contributed by atoms with Crippen molar-refractivity contribution in [3.63, 3.8) is 0 Å². The number of nitro benzene ring substituents is 1. The molecule has 0 radical (unpaired) electrons. The SMILES string of the molecule is CC(N)C1(c2cccc([N+](=O)[O-])c2)CCCC1. The van der Waals surface area contributed by atoms with Crippen molar-refractivity contribution in [1.29, 1.82) is 0 Å². The number of non-ortho nitro benzene ring substituents is 1. The average molecular weight is 234 g/mol. The van der Waals surface area contributed by atoms with Crippen LogP contribution in [0.15, 0.2) is 24.3 Å². The van der Waals surface area contributed by atoms with Crippen molar-refractivity contribution in [1.82, 2.24) is 0 Å². The molecule has 0 amide bonds. The summed E-state index contributed by atoms with van der Waals surface area (Å²) in [5.74, 6) is 0. The number of nitrogens with zero attached hydrogens (tertiary/aromatic N) is 1. The maximum absolute atomic E-state index is 10.8. The predicted molar refractivity (Wildman–Crippen MR) is 66.9 cm³/mol. The number of hydrogen-bond donors (Lipinski definition) is 1. The third kappa shape index (κ3) is 2.05. The molecule has 0 saturated heterocycles. The first kappa shape index (κ1) is 12.0. The molecule has 0 aromatic heterocycles. The van der Waals surface area contributed by atoms with E-state index in [0.717, 1.165) is 31.2 Å². The van der Waals surface area contributed by atoms with Crippen LogP contribution in [0, 0.1) is 10.1 Å². The molecule has 0 aliphatic heterocycles. The van der Waals surface area contributed by atoms with Gasteiger partial charge in [0, 0.05) is 23.6 Å². The second-order valence-corrected chi connectivity index (χ2v) is 4.96. The van der Waals surface area contributed by atoms with E-state index in [4.69, 9.17) is 5.73 Å². The smallest absolute Gasteiger partial charge is 0.269 e. The summed E-state index contributed by atoms with van der Waals surface area (Å²) < 4.78 is 0. The fourth-order valence-electron chi connectivity index (χ4n) is 2.94. The minimum atomic E-state index is -0.340. The van der Waals surface area contributed by atoms with Crippen LogP contribution in [-0.4, -0.2) is 11.0 Å². The van der Waals surface area contributed by atoms with E-state index in [1.54, 1.807) is 12.1 Å². The van der Waals surface area contributed by atoms with Crippen molar-refractivity contribution in [3.05, 3.63) is 39.9 Å². The van der Waals surface area contributed by atoms with Crippen molar-refractivity contribution in [2.45, 2.75) is 44.1 Å². The van der Waals surface area contributed by atoms with Gasteiger partial charge in [0.25, 0.3) is 5.69 Å². The molecule has 1 saturated carbocycles. The number of rotatable bonds is 3. The fourth-order valence-corrected chi connectivity index (χ4v) is 2.94. The topological polar surface area (TPSA) is 69.2 Å². The number of nitro groups is 1. The maximum atomic E-state index is 10.8. The van der Waals surface area contributed by atoms with E-state index in [1.165, 1.54) is 6.07 Å². The average Bonchev–Trinajstić information content (AvgIpc) is 2.79. The van der Waals surface area contributed by atoms with Crippen LogP contribution in [0.25, 0.3) is 0 Å². The molecular formula is C13H18N2O2. The molecule has 1 aliphatic carbocycles. The molecule has 0 heterocycles. The molecule has 1 aromatic carbocycles. The van der Waals surface area contributed by atoms with Crippen LogP contribution in [0.1, 0.15) is 38.2 Å². The van der Waals surface area contributed by atoms with Gasteiger partial charge in [-0.2, -0.15) is 0 Å². The number of nitrogens with two attached hydrogens (primary N) is 1. The van der Waals surface area contributed by atoms with Gasteiger partial charge in [-0.15, -0.1) is 0 Å². The standard InChI is InChI=1S/C13H18N2O2/c1-10(14)13(7-2-3-8-13)11-5-4-6-12(9-11)15(16)17/h4-6,9-10H,2-3,7-8,14H2,1H3. The van der Waals surface area contributed by atoms with E-state index in [2.05, 4.69) is 0 Å². The van der Waals surface area contributed by atoms with E-state index in [0.29, 0.717) is 0 Å². The molecule has 4 nitrogen and oxygen atoms in total. The summed E-state index contributed by atoms with van der Waals surface area (Å²) in [6.07, 6.45) is 4.38. The van der Waals surface area contributed by atoms with E-state index in [1.807, 2.05) is 13.0 Å². The molecule has 1 aromatic rings. The predicted octanol–water partition coefficient (Wildman–Crippen LogP) is 2.75. The van der Waals surface area contributed by atoms with Gasteiger partial charge in [0.2, 0.25) is 0 Å². The largest absolute Gasteiger partial charge is 0.327 e. The van der Waals surface area contributed by atoms with Crippen molar-refractivity contribution >= 4 is 5.69 Å². The molecule has 0 spiro atoms. The van der Waals surface area contributed by atoms with Gasteiger partial charge in [-0.25, -0.2) is 0 Å². The lowest BCUT2D eigenvalue weighted by Gasteiger charge is -2.33. The maximum Gasteiger partial charge on any atom is 0.269 e. The lowest BCUT2D eigenvalue weighted by Crippen LogP contribution is -2.41. The summed E-state index contributed by atoms with van der Waals surface area (Å²) in [6.45, 7) is 2.00. The Hall–Kier alpha value is -1.42. The van der Waals surface area contributed by atoms with E-state index >= 15 is 0 Å². The molecule has 1 unspecified atom stereocenters. The summed E-state index contributed by atoms with van der Waals surface area (Å²) in [6, 6.07) is 6.99. The first-order chi connectivity index (χ1) is 8.06. The quantitative estimate of drug-likeness (QED) is 0.645. The molecule has 1 atom stereocenters. The molecule has 0 bridgehead atoms. The van der Waals surface area contributed by atoms with Crippen molar-refractivity contribution in [2.75, 3.05) is 0 Å². The van der Waals surface area contributed by atoms with Crippen LogP contribution >= 0.6 is 0 Å². The Balaban J connectivity index is 2.43.